The molecule has 0 aliphatic heterocycles. The number of urea groups is 1. The molecule has 0 atom stereocenters. The monoisotopic (exact) mass is 335 g/mol. The Labute approximate surface area is 142 Å². The second-order valence-electron chi connectivity index (χ2n) is 5.86. The molecule has 0 unspecified atom stereocenters. The average molecular weight is 335 g/mol. The van der Waals surface area contributed by atoms with E-state index in [-0.39, 0.29) is 30.9 Å². The molecule has 0 aromatic heterocycles. The van der Waals surface area contributed by atoms with Crippen molar-refractivity contribution < 1.29 is 19.1 Å². The summed E-state index contributed by atoms with van der Waals surface area (Å²) < 4.78 is 4.50. The summed E-state index contributed by atoms with van der Waals surface area (Å²) in [6, 6.07) is 6.36. The third-order valence-electron chi connectivity index (χ3n) is 3.23. The number of nitrogens with zero attached hydrogens (tertiary/aromatic N) is 1. The first-order chi connectivity index (χ1) is 11.3. The standard InChI is InChI=1S/C17H25N3O4/c1-12(2)11-20(3)17(23)19-14-7-5-13(6-8-14)16(22)18-10-9-15(21)24-4/h5-8,12H,9-11H2,1-4H3,(H,18,22)(H,19,23). The molecule has 7 nitrogen and oxygen atoms in total. The number of rotatable bonds is 7. The lowest BCUT2D eigenvalue weighted by Crippen LogP contribution is -2.34. The van der Waals surface area contributed by atoms with Gasteiger partial charge in [0, 0.05) is 31.4 Å². The molecule has 0 heterocycles. The van der Waals surface area contributed by atoms with Crippen molar-refractivity contribution in [2.45, 2.75) is 20.3 Å². The predicted octanol–water partition coefficient (Wildman–Crippen LogP) is 2.10. The number of methoxy groups -OCH3 is 1. The van der Waals surface area contributed by atoms with Crippen LogP contribution in [-0.4, -0.2) is 50.1 Å². The SMILES string of the molecule is COC(=O)CCNC(=O)c1ccc(NC(=O)N(C)CC(C)C)cc1. The molecule has 0 bridgehead atoms. The van der Waals surface area contributed by atoms with Crippen LogP contribution in [0.4, 0.5) is 10.5 Å². The Morgan fingerprint density at radius 3 is 2.33 bits per heavy atom. The van der Waals surface area contributed by atoms with E-state index in [9.17, 15) is 14.4 Å². The van der Waals surface area contributed by atoms with Crippen LogP contribution in [0.25, 0.3) is 0 Å². The largest absolute Gasteiger partial charge is 0.469 e. The van der Waals surface area contributed by atoms with Crippen LogP contribution in [0.3, 0.4) is 0 Å². The number of anilines is 1. The number of carbonyl (C=O) groups excluding carboxylic acids is 3. The first-order valence-electron chi connectivity index (χ1n) is 7.80. The molecule has 0 radical (unpaired) electrons. The second-order valence-corrected chi connectivity index (χ2v) is 5.86. The van der Waals surface area contributed by atoms with Gasteiger partial charge in [-0.25, -0.2) is 4.79 Å². The fraction of sp³-hybridized carbons (Fsp3) is 0.471. The summed E-state index contributed by atoms with van der Waals surface area (Å²) in [5, 5.41) is 5.40. The van der Waals surface area contributed by atoms with E-state index >= 15 is 0 Å². The van der Waals surface area contributed by atoms with Crippen LogP contribution in [0.1, 0.15) is 30.6 Å². The maximum Gasteiger partial charge on any atom is 0.321 e. The van der Waals surface area contributed by atoms with Gasteiger partial charge in [-0.15, -0.1) is 0 Å². The quantitative estimate of drug-likeness (QED) is 0.747. The summed E-state index contributed by atoms with van der Waals surface area (Å²) >= 11 is 0. The topological polar surface area (TPSA) is 87.7 Å². The molecule has 0 saturated heterocycles. The Morgan fingerprint density at radius 2 is 1.79 bits per heavy atom. The van der Waals surface area contributed by atoms with Crippen LogP contribution >= 0.6 is 0 Å². The normalized spacial score (nSPS) is 10.2. The summed E-state index contributed by atoms with van der Waals surface area (Å²) in [7, 11) is 3.04. The molecule has 0 spiro atoms. The van der Waals surface area contributed by atoms with Gasteiger partial charge in [-0.1, -0.05) is 13.8 Å². The van der Waals surface area contributed by atoms with Crippen LogP contribution in [0.15, 0.2) is 24.3 Å². The van der Waals surface area contributed by atoms with Crippen molar-refractivity contribution >= 4 is 23.6 Å². The highest BCUT2D eigenvalue weighted by molar-refractivity contribution is 5.95. The van der Waals surface area contributed by atoms with Crippen LogP contribution in [0.5, 0.6) is 0 Å². The molecule has 24 heavy (non-hydrogen) atoms. The van der Waals surface area contributed by atoms with Crippen molar-refractivity contribution in [2.24, 2.45) is 5.92 Å². The molecule has 1 aromatic carbocycles. The van der Waals surface area contributed by atoms with Crippen molar-refractivity contribution in [3.8, 4) is 0 Å². The molecule has 0 saturated carbocycles. The maximum absolute atomic E-state index is 12.0. The predicted molar refractivity (Wildman–Crippen MR) is 91.9 cm³/mol. The third-order valence-corrected chi connectivity index (χ3v) is 3.23. The van der Waals surface area contributed by atoms with E-state index in [1.807, 2.05) is 13.8 Å². The van der Waals surface area contributed by atoms with Crippen LogP contribution in [-0.2, 0) is 9.53 Å². The van der Waals surface area contributed by atoms with E-state index in [0.717, 1.165) is 0 Å². The smallest absolute Gasteiger partial charge is 0.321 e. The fourth-order valence-electron chi connectivity index (χ4n) is 2.04. The van der Waals surface area contributed by atoms with Crippen molar-refractivity contribution in [3.05, 3.63) is 29.8 Å². The number of hydrogen-bond donors (Lipinski definition) is 2. The van der Waals surface area contributed by atoms with Crippen molar-refractivity contribution in [1.29, 1.82) is 0 Å². The Kier molecular flexibility index (Phi) is 7.74. The molecular formula is C17H25N3O4. The van der Waals surface area contributed by atoms with Gasteiger partial charge < -0.3 is 20.3 Å². The minimum absolute atomic E-state index is 0.124. The number of nitrogens with one attached hydrogen (secondary N) is 2. The Balaban J connectivity index is 2.51. The van der Waals surface area contributed by atoms with Crippen LogP contribution < -0.4 is 10.6 Å². The van der Waals surface area contributed by atoms with Crippen LogP contribution in [0.2, 0.25) is 0 Å². The Hall–Kier alpha value is -2.57. The first kappa shape index (κ1) is 19.5. The number of ether oxygens (including phenoxy) is 1. The lowest BCUT2D eigenvalue weighted by atomic mass is 10.2. The molecule has 0 aliphatic rings. The molecule has 0 aliphatic carbocycles. The zero-order valence-electron chi connectivity index (χ0n) is 14.6. The number of esters is 1. The van der Waals surface area contributed by atoms with Gasteiger partial charge in [0.25, 0.3) is 5.91 Å². The summed E-state index contributed by atoms with van der Waals surface area (Å²) in [5.41, 5.74) is 1.06. The third kappa shape index (κ3) is 6.68. The Bertz CT molecular complexity index is 570. The maximum atomic E-state index is 12.0. The number of amides is 3. The fourth-order valence-corrected chi connectivity index (χ4v) is 2.04. The summed E-state index contributed by atoms with van der Waals surface area (Å²) in [6.07, 6.45) is 0.124. The van der Waals surface area contributed by atoms with Crippen molar-refractivity contribution in [3.63, 3.8) is 0 Å². The zero-order valence-corrected chi connectivity index (χ0v) is 14.6. The minimum atomic E-state index is -0.376. The Morgan fingerprint density at radius 1 is 1.17 bits per heavy atom. The molecule has 1 rings (SSSR count). The van der Waals surface area contributed by atoms with Gasteiger partial charge in [0.05, 0.1) is 13.5 Å². The van der Waals surface area contributed by atoms with Gasteiger partial charge in [0.2, 0.25) is 0 Å². The molecular weight excluding hydrogens is 310 g/mol. The lowest BCUT2D eigenvalue weighted by Gasteiger charge is -2.20. The number of hydrogen-bond acceptors (Lipinski definition) is 4. The summed E-state index contributed by atoms with van der Waals surface area (Å²) in [4.78, 5) is 36.5. The zero-order chi connectivity index (χ0) is 18.1. The van der Waals surface area contributed by atoms with E-state index in [2.05, 4.69) is 15.4 Å². The van der Waals surface area contributed by atoms with Gasteiger partial charge in [-0.2, -0.15) is 0 Å². The molecule has 2 N–H and O–H groups in total. The van der Waals surface area contributed by atoms with Gasteiger partial charge in [0.15, 0.2) is 0 Å². The summed E-state index contributed by atoms with van der Waals surface area (Å²) in [6.45, 7) is 4.95. The minimum Gasteiger partial charge on any atom is -0.469 e. The molecule has 1 aromatic rings. The van der Waals surface area contributed by atoms with E-state index in [1.165, 1.54) is 7.11 Å². The van der Waals surface area contributed by atoms with Gasteiger partial charge in [-0.05, 0) is 30.2 Å². The molecule has 132 valence electrons. The highest BCUT2D eigenvalue weighted by atomic mass is 16.5. The van der Waals surface area contributed by atoms with Gasteiger partial charge >= 0.3 is 12.0 Å². The van der Waals surface area contributed by atoms with Crippen molar-refractivity contribution in [2.75, 3.05) is 32.6 Å². The highest BCUT2D eigenvalue weighted by Gasteiger charge is 2.11. The van der Waals surface area contributed by atoms with Crippen LogP contribution in [0, 0.1) is 5.92 Å². The number of carbonyl (C=O) groups is 3. The number of benzene rings is 1. The lowest BCUT2D eigenvalue weighted by molar-refractivity contribution is -0.140. The van der Waals surface area contributed by atoms with E-state index in [0.29, 0.717) is 23.7 Å². The average Bonchev–Trinajstić information content (AvgIpc) is 2.54. The summed E-state index contributed by atoms with van der Waals surface area (Å²) in [5.74, 6) is -0.274. The molecule has 3 amide bonds. The van der Waals surface area contributed by atoms with Gasteiger partial charge in [-0.3, -0.25) is 9.59 Å². The molecule has 0 fully saturated rings. The van der Waals surface area contributed by atoms with E-state index < -0.39 is 0 Å². The highest BCUT2D eigenvalue weighted by Crippen LogP contribution is 2.11. The van der Waals surface area contributed by atoms with E-state index in [4.69, 9.17) is 0 Å². The first-order valence-corrected chi connectivity index (χ1v) is 7.80. The van der Waals surface area contributed by atoms with Crippen molar-refractivity contribution in [1.82, 2.24) is 10.2 Å². The second kappa shape index (κ2) is 9.54. The molecule has 7 heteroatoms. The van der Waals surface area contributed by atoms with Gasteiger partial charge in [0.1, 0.15) is 0 Å². The van der Waals surface area contributed by atoms with E-state index in [1.54, 1.807) is 36.2 Å².